The van der Waals surface area contributed by atoms with Crippen LogP contribution < -0.4 is 4.74 Å². The molecule has 12 heteroatoms. The summed E-state index contributed by atoms with van der Waals surface area (Å²) in [5, 5.41) is 9.62. The number of halogens is 1. The fourth-order valence-electron chi connectivity index (χ4n) is 6.37. The Balaban J connectivity index is 1.24. The van der Waals surface area contributed by atoms with Crippen molar-refractivity contribution in [2.45, 2.75) is 61.7 Å². The van der Waals surface area contributed by atoms with Gasteiger partial charge in [-0.2, -0.15) is 4.31 Å². The lowest BCUT2D eigenvalue weighted by Crippen LogP contribution is -2.49. The van der Waals surface area contributed by atoms with Gasteiger partial charge in [-0.25, -0.2) is 8.42 Å². The number of amides is 1. The van der Waals surface area contributed by atoms with Gasteiger partial charge in [-0.05, 0) is 86.8 Å². The molecule has 2 fully saturated rings. The second-order valence-electron chi connectivity index (χ2n) is 11.8. The Bertz CT molecular complexity index is 1390. The van der Waals surface area contributed by atoms with E-state index in [0.29, 0.717) is 31.3 Å². The van der Waals surface area contributed by atoms with Gasteiger partial charge in [0, 0.05) is 49.0 Å². The van der Waals surface area contributed by atoms with E-state index in [-0.39, 0.29) is 48.8 Å². The molecule has 10 nitrogen and oxygen atoms in total. The van der Waals surface area contributed by atoms with E-state index in [0.717, 1.165) is 36.0 Å². The molecule has 0 unspecified atom stereocenters. The van der Waals surface area contributed by atoms with Gasteiger partial charge < -0.3 is 29.1 Å². The molecule has 3 aliphatic rings. The van der Waals surface area contributed by atoms with Crippen molar-refractivity contribution < 1.29 is 32.5 Å². The van der Waals surface area contributed by atoms with Crippen molar-refractivity contribution in [3.8, 4) is 5.75 Å². The molecule has 0 spiro atoms. The molecule has 0 saturated carbocycles. The molecule has 2 aromatic carbocycles. The van der Waals surface area contributed by atoms with Crippen LogP contribution in [-0.2, 0) is 24.3 Å². The van der Waals surface area contributed by atoms with Gasteiger partial charge in [-0.1, -0.05) is 34.5 Å². The maximum absolute atomic E-state index is 13.7. The standard InChI is InChI=1S/C33H44BrN3O7S/c1-42-29-9-11-30(12-10-29)45(40,41)37(19-21-38)20-22-43-32-24-26(25-5-7-27(34)8-6-25)23-31(44-32)33(39)36-17-13-28(14-18-36)35-15-3-2-4-16-35/h5-12,23,26,28,32,38H,2-4,13-22,24H2,1H3/t26-,32+/m1/s1. The minimum Gasteiger partial charge on any atom is -0.497 e. The molecule has 2 atom stereocenters. The number of allylic oxidation sites excluding steroid dienone is 1. The van der Waals surface area contributed by atoms with Crippen molar-refractivity contribution in [1.82, 2.24) is 14.1 Å². The zero-order valence-corrected chi connectivity index (χ0v) is 28.3. The summed E-state index contributed by atoms with van der Waals surface area (Å²) >= 11 is 3.50. The maximum atomic E-state index is 13.7. The van der Waals surface area contributed by atoms with E-state index in [4.69, 9.17) is 14.2 Å². The Morgan fingerprint density at radius 3 is 2.33 bits per heavy atom. The van der Waals surface area contributed by atoms with Crippen LogP contribution in [0.3, 0.4) is 0 Å². The highest BCUT2D eigenvalue weighted by molar-refractivity contribution is 9.10. The molecule has 3 aliphatic heterocycles. The molecule has 0 aliphatic carbocycles. The van der Waals surface area contributed by atoms with Crippen molar-refractivity contribution in [3.05, 3.63) is 70.4 Å². The zero-order valence-electron chi connectivity index (χ0n) is 25.9. The Morgan fingerprint density at radius 2 is 1.69 bits per heavy atom. The number of hydrogen-bond acceptors (Lipinski definition) is 8. The number of likely N-dealkylation sites (tertiary alicyclic amines) is 2. The van der Waals surface area contributed by atoms with E-state index in [1.54, 1.807) is 12.1 Å². The van der Waals surface area contributed by atoms with Crippen LogP contribution in [0.4, 0.5) is 0 Å². The summed E-state index contributed by atoms with van der Waals surface area (Å²) in [5.74, 6) is 0.573. The van der Waals surface area contributed by atoms with Crippen molar-refractivity contribution in [2.75, 3.05) is 59.6 Å². The number of carbonyl (C=O) groups is 1. The Labute approximate surface area is 275 Å². The Hall–Kier alpha value is -2.48. The molecule has 5 rings (SSSR count). The summed E-state index contributed by atoms with van der Waals surface area (Å²) in [5.41, 5.74) is 1.04. The van der Waals surface area contributed by atoms with Crippen LogP contribution in [0.2, 0.25) is 0 Å². The first-order valence-electron chi connectivity index (χ1n) is 15.8. The van der Waals surface area contributed by atoms with Crippen LogP contribution in [0.15, 0.2) is 69.7 Å². The summed E-state index contributed by atoms with van der Waals surface area (Å²) in [6.45, 7) is 3.29. The van der Waals surface area contributed by atoms with E-state index in [1.807, 2.05) is 35.2 Å². The maximum Gasteiger partial charge on any atom is 0.288 e. The van der Waals surface area contributed by atoms with E-state index in [1.165, 1.54) is 42.8 Å². The van der Waals surface area contributed by atoms with Crippen molar-refractivity contribution in [3.63, 3.8) is 0 Å². The van der Waals surface area contributed by atoms with E-state index >= 15 is 0 Å². The number of ether oxygens (including phenoxy) is 3. The number of piperidine rings is 2. The molecule has 45 heavy (non-hydrogen) atoms. The number of rotatable bonds is 12. The molecule has 246 valence electrons. The Kier molecular flexibility index (Phi) is 12.0. The first-order chi connectivity index (χ1) is 21.8. The first-order valence-corrected chi connectivity index (χ1v) is 18.1. The fraction of sp³-hybridized carbons (Fsp3) is 0.545. The molecule has 1 amide bonds. The van der Waals surface area contributed by atoms with Crippen LogP contribution in [-0.4, -0.2) is 105 Å². The quantitative estimate of drug-likeness (QED) is 0.348. The zero-order chi connectivity index (χ0) is 31.8. The second kappa shape index (κ2) is 15.9. The number of benzene rings is 2. The Morgan fingerprint density at radius 1 is 1.00 bits per heavy atom. The van der Waals surface area contributed by atoms with Crippen molar-refractivity contribution in [1.29, 1.82) is 0 Å². The average Bonchev–Trinajstić information content (AvgIpc) is 3.08. The SMILES string of the molecule is COc1ccc(S(=O)(=O)N(CCO)CCO[C@@H]2C[C@H](c3ccc(Br)cc3)C=C(C(=O)N3CCC(N4CCCCC4)CC3)O2)cc1. The van der Waals surface area contributed by atoms with Gasteiger partial charge in [0.2, 0.25) is 16.3 Å². The number of nitrogens with zero attached hydrogens (tertiary/aromatic N) is 3. The van der Waals surface area contributed by atoms with Gasteiger partial charge in [0.1, 0.15) is 5.75 Å². The first kappa shape index (κ1) is 33.9. The molecule has 1 N–H and O–H groups in total. The van der Waals surface area contributed by atoms with Crippen LogP contribution in [0.1, 0.15) is 50.0 Å². The normalized spacial score (nSPS) is 21.8. The number of methoxy groups -OCH3 is 1. The van der Waals surface area contributed by atoms with E-state index < -0.39 is 16.3 Å². The van der Waals surface area contributed by atoms with Crippen LogP contribution in [0, 0.1) is 0 Å². The highest BCUT2D eigenvalue weighted by Crippen LogP contribution is 2.33. The number of sulfonamides is 1. The van der Waals surface area contributed by atoms with Crippen molar-refractivity contribution >= 4 is 31.9 Å². The van der Waals surface area contributed by atoms with E-state index in [2.05, 4.69) is 20.8 Å². The van der Waals surface area contributed by atoms with Crippen LogP contribution >= 0.6 is 15.9 Å². The number of aliphatic hydroxyl groups is 1. The molecule has 2 saturated heterocycles. The molecule has 0 bridgehead atoms. The smallest absolute Gasteiger partial charge is 0.288 e. The predicted octanol–water partition coefficient (Wildman–Crippen LogP) is 4.35. The average molecular weight is 707 g/mol. The minimum atomic E-state index is -3.88. The van der Waals surface area contributed by atoms with Gasteiger partial charge >= 0.3 is 0 Å². The molecule has 0 aromatic heterocycles. The molecule has 3 heterocycles. The number of carbonyl (C=O) groups excluding carboxylic acids is 1. The molecule has 0 radical (unpaired) electrons. The monoisotopic (exact) mass is 705 g/mol. The number of hydrogen-bond donors (Lipinski definition) is 1. The highest BCUT2D eigenvalue weighted by Gasteiger charge is 2.34. The van der Waals surface area contributed by atoms with Gasteiger partial charge in [0.05, 0.1) is 25.2 Å². The lowest BCUT2D eigenvalue weighted by Gasteiger charge is -2.40. The van der Waals surface area contributed by atoms with Gasteiger partial charge in [-0.3, -0.25) is 4.79 Å². The van der Waals surface area contributed by atoms with Gasteiger partial charge in [-0.15, -0.1) is 0 Å². The topological polar surface area (TPSA) is 109 Å². The fourth-order valence-corrected chi connectivity index (χ4v) is 8.05. The highest BCUT2D eigenvalue weighted by atomic mass is 79.9. The summed E-state index contributed by atoms with van der Waals surface area (Å²) in [6.07, 6.45) is 7.35. The lowest BCUT2D eigenvalue weighted by atomic mass is 9.92. The third-order valence-electron chi connectivity index (χ3n) is 8.92. The van der Waals surface area contributed by atoms with Gasteiger partial charge in [0.15, 0.2) is 5.76 Å². The molecular formula is C33H44BrN3O7S. The molecular weight excluding hydrogens is 662 g/mol. The molecule has 2 aromatic rings. The number of aliphatic hydroxyl groups excluding tert-OH is 1. The lowest BCUT2D eigenvalue weighted by molar-refractivity contribution is -0.153. The predicted molar refractivity (Wildman–Crippen MR) is 174 cm³/mol. The third kappa shape index (κ3) is 8.66. The summed E-state index contributed by atoms with van der Waals surface area (Å²) in [4.78, 5) is 18.3. The van der Waals surface area contributed by atoms with Crippen LogP contribution in [0.25, 0.3) is 0 Å². The summed E-state index contributed by atoms with van der Waals surface area (Å²) < 4.78 is 46.2. The van der Waals surface area contributed by atoms with Crippen LogP contribution in [0.5, 0.6) is 5.75 Å². The summed E-state index contributed by atoms with van der Waals surface area (Å²) in [6, 6.07) is 14.6. The summed E-state index contributed by atoms with van der Waals surface area (Å²) in [7, 11) is -2.37. The van der Waals surface area contributed by atoms with E-state index in [9.17, 15) is 18.3 Å². The largest absolute Gasteiger partial charge is 0.497 e. The third-order valence-corrected chi connectivity index (χ3v) is 11.4. The minimum absolute atomic E-state index is 0.00867. The second-order valence-corrected chi connectivity index (χ2v) is 14.6. The van der Waals surface area contributed by atoms with Gasteiger partial charge in [0.25, 0.3) is 5.91 Å². The van der Waals surface area contributed by atoms with Crippen molar-refractivity contribution in [2.24, 2.45) is 0 Å².